The summed E-state index contributed by atoms with van der Waals surface area (Å²) in [7, 11) is 0. The zero-order chi connectivity index (χ0) is 14.5. The molecule has 0 saturated carbocycles. The van der Waals surface area contributed by atoms with Crippen molar-refractivity contribution in [2.24, 2.45) is 0 Å². The Morgan fingerprint density at radius 1 is 1.40 bits per heavy atom. The molecular weight excluding hydrogens is 294 g/mol. The van der Waals surface area contributed by atoms with Crippen LogP contribution < -0.4 is 5.32 Å². The highest BCUT2D eigenvalue weighted by atomic mass is 35.5. The fourth-order valence-corrected chi connectivity index (χ4v) is 2.90. The molecule has 0 saturated heterocycles. The summed E-state index contributed by atoms with van der Waals surface area (Å²) in [5, 5.41) is 20.0. The van der Waals surface area contributed by atoms with Gasteiger partial charge in [-0.25, -0.2) is 0 Å². The average Bonchev–Trinajstić information content (AvgIpc) is 2.77. The number of para-hydroxylation sites is 1. The SMILES string of the molecule is Cc1n[nH]c(C)c1Sc1ccccc1NCC(O)CCl. The van der Waals surface area contributed by atoms with Crippen LogP contribution in [0.4, 0.5) is 5.69 Å². The second-order valence-corrected chi connectivity index (χ2v) is 5.91. The Morgan fingerprint density at radius 3 is 2.80 bits per heavy atom. The third-order valence-corrected chi connectivity index (χ3v) is 4.60. The smallest absolute Gasteiger partial charge is 0.0847 e. The second kappa shape index (κ2) is 7.02. The maximum Gasteiger partial charge on any atom is 0.0847 e. The molecule has 1 unspecified atom stereocenters. The minimum Gasteiger partial charge on any atom is -0.390 e. The molecular formula is C14H18ClN3OS. The quantitative estimate of drug-likeness (QED) is 0.717. The van der Waals surface area contributed by atoms with Gasteiger partial charge in [-0.1, -0.05) is 23.9 Å². The van der Waals surface area contributed by atoms with E-state index < -0.39 is 6.10 Å². The van der Waals surface area contributed by atoms with Crippen LogP contribution in [0.2, 0.25) is 0 Å². The molecule has 2 rings (SSSR count). The number of nitrogens with zero attached hydrogens (tertiary/aromatic N) is 1. The van der Waals surface area contributed by atoms with E-state index in [1.807, 2.05) is 38.1 Å². The Labute approximate surface area is 127 Å². The summed E-state index contributed by atoms with van der Waals surface area (Å²) in [6.45, 7) is 4.43. The number of rotatable bonds is 6. The van der Waals surface area contributed by atoms with Crippen LogP contribution in [0.3, 0.4) is 0 Å². The summed E-state index contributed by atoms with van der Waals surface area (Å²) >= 11 is 7.27. The van der Waals surface area contributed by atoms with E-state index in [1.165, 1.54) is 0 Å². The van der Waals surface area contributed by atoms with Crippen LogP contribution in [0.5, 0.6) is 0 Å². The summed E-state index contributed by atoms with van der Waals surface area (Å²) < 4.78 is 0. The van der Waals surface area contributed by atoms with Crippen LogP contribution in [0.15, 0.2) is 34.1 Å². The van der Waals surface area contributed by atoms with Crippen molar-refractivity contribution >= 4 is 29.1 Å². The topological polar surface area (TPSA) is 60.9 Å². The van der Waals surface area contributed by atoms with Gasteiger partial charge in [0.1, 0.15) is 0 Å². The molecule has 0 radical (unpaired) electrons. The van der Waals surface area contributed by atoms with Gasteiger partial charge in [-0.2, -0.15) is 5.10 Å². The number of aliphatic hydroxyl groups excluding tert-OH is 1. The number of aliphatic hydroxyl groups is 1. The standard InChI is InChI=1S/C14H18ClN3OS/c1-9-14(10(2)18-17-9)20-13-6-4-3-5-12(13)16-8-11(19)7-15/h3-6,11,16,19H,7-8H2,1-2H3,(H,17,18). The van der Waals surface area contributed by atoms with E-state index in [9.17, 15) is 5.11 Å². The fraction of sp³-hybridized carbons (Fsp3) is 0.357. The third-order valence-electron chi connectivity index (χ3n) is 2.87. The van der Waals surface area contributed by atoms with Crippen LogP contribution in [0.1, 0.15) is 11.4 Å². The summed E-state index contributed by atoms with van der Waals surface area (Å²) in [6, 6.07) is 8.00. The molecule has 0 bridgehead atoms. The molecule has 2 aromatic rings. The van der Waals surface area contributed by atoms with E-state index in [4.69, 9.17) is 11.6 Å². The predicted octanol–water partition coefficient (Wildman–Crippen LogP) is 3.19. The highest BCUT2D eigenvalue weighted by Gasteiger charge is 2.11. The van der Waals surface area contributed by atoms with Gasteiger partial charge in [0, 0.05) is 22.8 Å². The number of aromatic amines is 1. The molecule has 108 valence electrons. The van der Waals surface area contributed by atoms with Gasteiger partial charge in [-0.15, -0.1) is 11.6 Å². The molecule has 20 heavy (non-hydrogen) atoms. The highest BCUT2D eigenvalue weighted by Crippen LogP contribution is 2.36. The number of hydrogen-bond donors (Lipinski definition) is 3. The Morgan fingerprint density at radius 2 is 2.15 bits per heavy atom. The Kier molecular flexibility index (Phi) is 5.34. The Balaban J connectivity index is 2.16. The molecule has 1 aromatic heterocycles. The maximum absolute atomic E-state index is 9.54. The van der Waals surface area contributed by atoms with E-state index in [1.54, 1.807) is 11.8 Å². The number of aromatic nitrogens is 2. The van der Waals surface area contributed by atoms with Crippen LogP contribution in [-0.2, 0) is 0 Å². The molecule has 1 heterocycles. The number of alkyl halides is 1. The molecule has 6 heteroatoms. The molecule has 0 amide bonds. The fourth-order valence-electron chi connectivity index (χ4n) is 1.78. The van der Waals surface area contributed by atoms with Crippen molar-refractivity contribution in [3.8, 4) is 0 Å². The number of H-pyrrole nitrogens is 1. The first-order valence-corrected chi connectivity index (χ1v) is 7.73. The number of aryl methyl sites for hydroxylation is 2. The van der Waals surface area contributed by atoms with Gasteiger partial charge in [0.2, 0.25) is 0 Å². The van der Waals surface area contributed by atoms with Gasteiger partial charge < -0.3 is 10.4 Å². The summed E-state index contributed by atoms with van der Waals surface area (Å²) in [5.41, 5.74) is 3.04. The van der Waals surface area contributed by atoms with Crippen molar-refractivity contribution in [1.82, 2.24) is 10.2 Å². The molecule has 0 aliphatic rings. The first-order chi connectivity index (χ1) is 9.61. The van der Waals surface area contributed by atoms with Crippen LogP contribution in [-0.4, -0.2) is 33.8 Å². The average molecular weight is 312 g/mol. The minimum absolute atomic E-state index is 0.224. The molecule has 3 N–H and O–H groups in total. The Bertz CT molecular complexity index is 554. The largest absolute Gasteiger partial charge is 0.390 e. The summed E-state index contributed by atoms with van der Waals surface area (Å²) in [6.07, 6.45) is -0.549. The molecule has 0 fully saturated rings. The number of nitrogens with one attached hydrogen (secondary N) is 2. The lowest BCUT2D eigenvalue weighted by Gasteiger charge is -2.13. The van der Waals surface area contributed by atoms with Crippen molar-refractivity contribution in [1.29, 1.82) is 0 Å². The number of halogens is 1. The molecule has 0 aliphatic heterocycles. The van der Waals surface area contributed by atoms with Crippen molar-refractivity contribution in [2.45, 2.75) is 29.7 Å². The van der Waals surface area contributed by atoms with Crippen LogP contribution in [0, 0.1) is 13.8 Å². The zero-order valence-corrected chi connectivity index (χ0v) is 13.1. The lowest BCUT2D eigenvalue weighted by atomic mass is 10.3. The van der Waals surface area contributed by atoms with Crippen molar-refractivity contribution in [2.75, 3.05) is 17.7 Å². The molecule has 1 atom stereocenters. The normalized spacial score (nSPS) is 12.4. The monoisotopic (exact) mass is 311 g/mol. The number of benzene rings is 1. The van der Waals surface area contributed by atoms with E-state index >= 15 is 0 Å². The lowest BCUT2D eigenvalue weighted by molar-refractivity contribution is 0.211. The van der Waals surface area contributed by atoms with Crippen molar-refractivity contribution < 1.29 is 5.11 Å². The molecule has 0 spiro atoms. The van der Waals surface area contributed by atoms with E-state index in [2.05, 4.69) is 15.5 Å². The highest BCUT2D eigenvalue weighted by molar-refractivity contribution is 7.99. The van der Waals surface area contributed by atoms with Gasteiger partial charge >= 0.3 is 0 Å². The van der Waals surface area contributed by atoms with Gasteiger partial charge in [0.25, 0.3) is 0 Å². The van der Waals surface area contributed by atoms with Crippen molar-refractivity contribution in [3.63, 3.8) is 0 Å². The van der Waals surface area contributed by atoms with Crippen LogP contribution >= 0.6 is 23.4 Å². The van der Waals surface area contributed by atoms with Gasteiger partial charge in [0.15, 0.2) is 0 Å². The maximum atomic E-state index is 9.54. The number of anilines is 1. The summed E-state index contributed by atoms with van der Waals surface area (Å²) in [5.74, 6) is 0.224. The van der Waals surface area contributed by atoms with E-state index in [0.717, 1.165) is 26.9 Å². The lowest BCUT2D eigenvalue weighted by Crippen LogP contribution is -2.20. The second-order valence-electron chi connectivity index (χ2n) is 4.55. The first kappa shape index (κ1) is 15.2. The molecule has 4 nitrogen and oxygen atoms in total. The van der Waals surface area contributed by atoms with E-state index in [-0.39, 0.29) is 5.88 Å². The molecule has 0 aliphatic carbocycles. The van der Waals surface area contributed by atoms with Crippen LogP contribution in [0.25, 0.3) is 0 Å². The summed E-state index contributed by atoms with van der Waals surface area (Å²) in [4.78, 5) is 2.24. The van der Waals surface area contributed by atoms with Gasteiger partial charge in [0.05, 0.1) is 22.6 Å². The third kappa shape index (κ3) is 3.69. The van der Waals surface area contributed by atoms with E-state index in [0.29, 0.717) is 6.54 Å². The number of hydrogen-bond acceptors (Lipinski definition) is 4. The Hall–Kier alpha value is -1.17. The first-order valence-electron chi connectivity index (χ1n) is 6.38. The van der Waals surface area contributed by atoms with Gasteiger partial charge in [-0.05, 0) is 26.0 Å². The van der Waals surface area contributed by atoms with Crippen molar-refractivity contribution in [3.05, 3.63) is 35.7 Å². The van der Waals surface area contributed by atoms with Gasteiger partial charge in [-0.3, -0.25) is 5.10 Å². The molecule has 1 aromatic carbocycles. The minimum atomic E-state index is -0.549. The predicted molar refractivity (Wildman–Crippen MR) is 83.8 cm³/mol. The zero-order valence-electron chi connectivity index (χ0n) is 11.5.